The third-order valence-corrected chi connectivity index (χ3v) is 3.08. The maximum Gasteiger partial charge on any atom is 0.182 e. The van der Waals surface area contributed by atoms with Crippen LogP contribution in [0, 0.1) is 5.82 Å². The first kappa shape index (κ1) is 11.9. The van der Waals surface area contributed by atoms with Crippen molar-refractivity contribution in [2.24, 2.45) is 0 Å². The van der Waals surface area contributed by atoms with Gasteiger partial charge in [-0.1, -0.05) is 18.3 Å². The zero-order valence-electron chi connectivity index (χ0n) is 9.57. The van der Waals surface area contributed by atoms with E-state index in [1.54, 1.807) is 23.5 Å². The minimum Gasteiger partial charge on any atom is -0.447 e. The average Bonchev–Trinajstić information content (AvgIpc) is 2.77. The summed E-state index contributed by atoms with van der Waals surface area (Å²) in [5.41, 5.74) is 0. The Bertz CT molecular complexity index is 467. The molecule has 0 aliphatic rings. The highest BCUT2D eigenvalue weighted by atomic mass is 32.1. The fraction of sp³-hybridized carbons (Fsp3) is 0.231. The fourth-order valence-electron chi connectivity index (χ4n) is 1.34. The van der Waals surface area contributed by atoms with Gasteiger partial charge in [0.1, 0.15) is 11.6 Å². The summed E-state index contributed by atoms with van der Waals surface area (Å²) < 4.78 is 18.3. The van der Waals surface area contributed by atoms with Crippen molar-refractivity contribution in [1.29, 1.82) is 0 Å². The van der Waals surface area contributed by atoms with Gasteiger partial charge in [-0.25, -0.2) is 4.39 Å². The van der Waals surface area contributed by atoms with Gasteiger partial charge in [-0.2, -0.15) is 0 Å². The Labute approximate surface area is 104 Å². The number of anilines is 1. The van der Waals surface area contributed by atoms with Crippen molar-refractivity contribution in [3.05, 3.63) is 42.2 Å². The molecule has 2 rings (SSSR count). The lowest BCUT2D eigenvalue weighted by atomic mass is 10.3. The lowest BCUT2D eigenvalue weighted by Crippen LogP contribution is -1.96. The second-order valence-electron chi connectivity index (χ2n) is 3.60. The van der Waals surface area contributed by atoms with E-state index in [2.05, 4.69) is 12.2 Å². The highest BCUT2D eigenvalue weighted by molar-refractivity contribution is 7.17. The van der Waals surface area contributed by atoms with Crippen LogP contribution in [0.2, 0.25) is 0 Å². The lowest BCUT2D eigenvalue weighted by molar-refractivity contribution is 0.494. The molecule has 0 unspecified atom stereocenters. The number of rotatable bonds is 5. The first-order chi connectivity index (χ1) is 8.28. The highest BCUT2D eigenvalue weighted by Crippen LogP contribution is 2.32. The predicted octanol–water partition coefficient (Wildman–Crippen LogP) is 4.50. The minimum absolute atomic E-state index is 0.256. The van der Waals surface area contributed by atoms with Crippen LogP contribution >= 0.6 is 11.3 Å². The number of halogens is 1. The summed E-state index contributed by atoms with van der Waals surface area (Å²) in [6.45, 7) is 3.08. The van der Waals surface area contributed by atoms with E-state index in [0.29, 0.717) is 5.75 Å². The van der Waals surface area contributed by atoms with Crippen molar-refractivity contribution in [2.75, 3.05) is 11.9 Å². The molecular formula is C13H14FNOS. The molecule has 90 valence electrons. The molecule has 1 heterocycles. The fourth-order valence-corrected chi connectivity index (χ4v) is 2.14. The number of benzene rings is 1. The minimum atomic E-state index is -0.256. The summed E-state index contributed by atoms with van der Waals surface area (Å²) >= 11 is 1.54. The van der Waals surface area contributed by atoms with Crippen molar-refractivity contribution < 1.29 is 9.13 Å². The molecule has 2 aromatic rings. The van der Waals surface area contributed by atoms with E-state index in [9.17, 15) is 4.39 Å². The SMILES string of the molecule is CCCNc1ccc(Oc2ccc(F)cc2)s1. The second-order valence-corrected chi connectivity index (χ2v) is 4.65. The van der Waals surface area contributed by atoms with E-state index in [-0.39, 0.29) is 5.82 Å². The third-order valence-electron chi connectivity index (χ3n) is 2.16. The molecule has 1 aromatic carbocycles. The van der Waals surface area contributed by atoms with Crippen LogP contribution in [0.3, 0.4) is 0 Å². The molecular weight excluding hydrogens is 237 g/mol. The molecule has 0 aliphatic heterocycles. The van der Waals surface area contributed by atoms with Gasteiger partial charge >= 0.3 is 0 Å². The maximum atomic E-state index is 12.7. The van der Waals surface area contributed by atoms with Crippen molar-refractivity contribution in [3.8, 4) is 10.8 Å². The average molecular weight is 251 g/mol. The lowest BCUT2D eigenvalue weighted by Gasteiger charge is -2.02. The number of thiophene rings is 1. The molecule has 0 saturated carbocycles. The monoisotopic (exact) mass is 251 g/mol. The molecule has 1 aromatic heterocycles. The molecule has 0 bridgehead atoms. The molecule has 0 saturated heterocycles. The Kier molecular flexibility index (Phi) is 3.98. The maximum absolute atomic E-state index is 12.7. The van der Waals surface area contributed by atoms with Crippen LogP contribution in [-0.2, 0) is 0 Å². The van der Waals surface area contributed by atoms with Gasteiger partial charge in [-0.15, -0.1) is 0 Å². The Balaban J connectivity index is 1.98. The van der Waals surface area contributed by atoms with Gasteiger partial charge < -0.3 is 10.1 Å². The summed E-state index contributed by atoms with van der Waals surface area (Å²) in [7, 11) is 0. The summed E-state index contributed by atoms with van der Waals surface area (Å²) in [4.78, 5) is 0. The van der Waals surface area contributed by atoms with E-state index < -0.39 is 0 Å². The Morgan fingerprint density at radius 3 is 2.65 bits per heavy atom. The summed E-state index contributed by atoms with van der Waals surface area (Å²) in [6.07, 6.45) is 1.09. The summed E-state index contributed by atoms with van der Waals surface area (Å²) in [6, 6.07) is 9.91. The number of hydrogen-bond acceptors (Lipinski definition) is 3. The van der Waals surface area contributed by atoms with Crippen LogP contribution in [0.4, 0.5) is 9.39 Å². The smallest absolute Gasteiger partial charge is 0.182 e. The van der Waals surface area contributed by atoms with Crippen LogP contribution in [0.1, 0.15) is 13.3 Å². The zero-order chi connectivity index (χ0) is 12.1. The van der Waals surface area contributed by atoms with Crippen LogP contribution < -0.4 is 10.1 Å². The molecule has 0 atom stereocenters. The van der Waals surface area contributed by atoms with Gasteiger partial charge in [0.15, 0.2) is 5.06 Å². The summed E-state index contributed by atoms with van der Waals surface area (Å²) in [5, 5.41) is 5.18. The predicted molar refractivity (Wildman–Crippen MR) is 69.6 cm³/mol. The molecule has 0 fully saturated rings. The van der Waals surface area contributed by atoms with Gasteiger partial charge in [0, 0.05) is 6.54 Å². The Morgan fingerprint density at radius 2 is 1.94 bits per heavy atom. The molecule has 1 N–H and O–H groups in total. The largest absolute Gasteiger partial charge is 0.447 e. The Hall–Kier alpha value is -1.55. The van der Waals surface area contributed by atoms with E-state index in [1.165, 1.54) is 12.1 Å². The topological polar surface area (TPSA) is 21.3 Å². The van der Waals surface area contributed by atoms with Gasteiger partial charge in [0.05, 0.1) is 5.00 Å². The van der Waals surface area contributed by atoms with Gasteiger partial charge in [-0.05, 0) is 42.8 Å². The van der Waals surface area contributed by atoms with Gasteiger partial charge in [0.25, 0.3) is 0 Å². The molecule has 0 aliphatic carbocycles. The Morgan fingerprint density at radius 1 is 1.18 bits per heavy atom. The third kappa shape index (κ3) is 3.46. The standard InChI is InChI=1S/C13H14FNOS/c1-2-9-15-12-7-8-13(17-12)16-11-5-3-10(14)4-6-11/h3-8,15H,2,9H2,1H3. The van der Waals surface area contributed by atoms with Gasteiger partial charge in [-0.3, -0.25) is 0 Å². The van der Waals surface area contributed by atoms with E-state index in [4.69, 9.17) is 4.74 Å². The van der Waals surface area contributed by atoms with Crippen LogP contribution in [0.15, 0.2) is 36.4 Å². The molecule has 17 heavy (non-hydrogen) atoms. The van der Waals surface area contributed by atoms with Crippen molar-refractivity contribution >= 4 is 16.3 Å². The van der Waals surface area contributed by atoms with Crippen molar-refractivity contribution in [1.82, 2.24) is 0 Å². The first-order valence-corrected chi connectivity index (χ1v) is 6.36. The van der Waals surface area contributed by atoms with E-state index in [1.807, 2.05) is 12.1 Å². The summed E-state index contributed by atoms with van der Waals surface area (Å²) in [5.74, 6) is 0.393. The number of ether oxygens (including phenoxy) is 1. The second kappa shape index (κ2) is 5.68. The first-order valence-electron chi connectivity index (χ1n) is 5.55. The van der Waals surface area contributed by atoms with E-state index >= 15 is 0 Å². The molecule has 0 amide bonds. The number of hydrogen-bond donors (Lipinski definition) is 1. The zero-order valence-corrected chi connectivity index (χ0v) is 10.4. The number of nitrogens with one attached hydrogen (secondary N) is 1. The van der Waals surface area contributed by atoms with E-state index in [0.717, 1.165) is 23.0 Å². The van der Waals surface area contributed by atoms with Gasteiger partial charge in [0.2, 0.25) is 0 Å². The van der Waals surface area contributed by atoms with Crippen LogP contribution in [-0.4, -0.2) is 6.54 Å². The van der Waals surface area contributed by atoms with Crippen molar-refractivity contribution in [3.63, 3.8) is 0 Å². The molecule has 2 nitrogen and oxygen atoms in total. The molecule has 0 radical (unpaired) electrons. The van der Waals surface area contributed by atoms with Crippen LogP contribution in [0.25, 0.3) is 0 Å². The normalized spacial score (nSPS) is 10.2. The van der Waals surface area contributed by atoms with Crippen LogP contribution in [0.5, 0.6) is 10.8 Å². The molecule has 4 heteroatoms. The quantitative estimate of drug-likeness (QED) is 0.844. The van der Waals surface area contributed by atoms with Crippen molar-refractivity contribution in [2.45, 2.75) is 13.3 Å². The highest BCUT2D eigenvalue weighted by Gasteiger charge is 2.02. The molecule has 0 spiro atoms.